The smallest absolute Gasteiger partial charge is 0.223 e. The van der Waals surface area contributed by atoms with Crippen LogP contribution in [0.2, 0.25) is 0 Å². The van der Waals surface area contributed by atoms with Crippen molar-refractivity contribution in [2.75, 3.05) is 32.1 Å². The fourth-order valence-electron chi connectivity index (χ4n) is 2.61. The molecule has 18 heavy (non-hydrogen) atoms. The highest BCUT2D eigenvalue weighted by molar-refractivity contribution is 7.92. The Kier molecular flexibility index (Phi) is 4.61. The van der Waals surface area contributed by atoms with Crippen LogP contribution in [0.25, 0.3) is 0 Å². The molecule has 2 rings (SSSR count). The molecule has 5 nitrogen and oxygen atoms in total. The van der Waals surface area contributed by atoms with Crippen LogP contribution in [0.15, 0.2) is 0 Å². The normalized spacial score (nSPS) is 22.3. The molecule has 2 fully saturated rings. The predicted octanol–water partition coefficient (Wildman–Crippen LogP) is 0.593. The molecule has 0 unspecified atom stereocenters. The lowest BCUT2D eigenvalue weighted by molar-refractivity contribution is -0.134. The maximum atomic E-state index is 12.0. The van der Waals surface area contributed by atoms with Crippen LogP contribution in [0.5, 0.6) is 0 Å². The summed E-state index contributed by atoms with van der Waals surface area (Å²) >= 11 is 0. The number of nitrogens with zero attached hydrogens (tertiary/aromatic N) is 1. The van der Waals surface area contributed by atoms with Gasteiger partial charge in [0.25, 0.3) is 0 Å². The van der Waals surface area contributed by atoms with Gasteiger partial charge in [-0.3, -0.25) is 4.79 Å². The molecule has 1 saturated heterocycles. The summed E-state index contributed by atoms with van der Waals surface area (Å²) in [5, 5.41) is -0.199. The van der Waals surface area contributed by atoms with Gasteiger partial charge in [0.15, 0.2) is 9.84 Å². The predicted molar refractivity (Wildman–Crippen MR) is 68.1 cm³/mol. The van der Waals surface area contributed by atoms with E-state index in [0.717, 1.165) is 25.7 Å². The first-order valence-electron chi connectivity index (χ1n) is 6.67. The third kappa shape index (κ3) is 3.45. The lowest BCUT2D eigenvalue weighted by Gasteiger charge is -2.27. The quantitative estimate of drug-likeness (QED) is 0.753. The van der Waals surface area contributed by atoms with Crippen LogP contribution >= 0.6 is 0 Å². The van der Waals surface area contributed by atoms with Gasteiger partial charge in [-0.25, -0.2) is 8.42 Å². The third-order valence-corrected chi connectivity index (χ3v) is 6.03. The van der Waals surface area contributed by atoms with Crippen molar-refractivity contribution in [3.05, 3.63) is 0 Å². The fourth-order valence-corrected chi connectivity index (χ4v) is 4.46. The second kappa shape index (κ2) is 6.02. The summed E-state index contributed by atoms with van der Waals surface area (Å²) in [5.41, 5.74) is 0. The summed E-state index contributed by atoms with van der Waals surface area (Å²) in [7, 11) is -3.07. The van der Waals surface area contributed by atoms with Crippen LogP contribution in [-0.4, -0.2) is 56.5 Å². The number of carbonyl (C=O) groups excluding carboxylic acids is 1. The van der Waals surface area contributed by atoms with E-state index in [1.165, 1.54) is 0 Å². The number of ether oxygens (including phenoxy) is 1. The Morgan fingerprint density at radius 1 is 1.17 bits per heavy atom. The fraction of sp³-hybridized carbons (Fsp3) is 0.917. The van der Waals surface area contributed by atoms with E-state index >= 15 is 0 Å². The molecular formula is C12H21NO4S. The second-order valence-electron chi connectivity index (χ2n) is 5.02. The largest absolute Gasteiger partial charge is 0.378 e. The Morgan fingerprint density at radius 2 is 1.78 bits per heavy atom. The highest BCUT2D eigenvalue weighted by Gasteiger charge is 2.29. The first-order valence-corrected chi connectivity index (χ1v) is 8.38. The van der Waals surface area contributed by atoms with Crippen molar-refractivity contribution in [3.8, 4) is 0 Å². The van der Waals surface area contributed by atoms with Gasteiger partial charge in [-0.15, -0.1) is 0 Å². The molecule has 0 spiro atoms. The molecule has 6 heteroatoms. The first-order chi connectivity index (χ1) is 8.59. The zero-order chi connectivity index (χ0) is 13.0. The Morgan fingerprint density at radius 3 is 2.39 bits per heavy atom. The van der Waals surface area contributed by atoms with Gasteiger partial charge in [-0.05, 0) is 12.8 Å². The summed E-state index contributed by atoms with van der Waals surface area (Å²) in [5.74, 6) is -0.0479. The molecular weight excluding hydrogens is 254 g/mol. The number of sulfone groups is 1. The van der Waals surface area contributed by atoms with Crippen LogP contribution in [0.4, 0.5) is 0 Å². The molecule has 104 valence electrons. The summed E-state index contributed by atoms with van der Waals surface area (Å²) in [4.78, 5) is 13.6. The molecule has 1 amide bonds. The summed E-state index contributed by atoms with van der Waals surface area (Å²) in [6, 6.07) is 0. The monoisotopic (exact) mass is 275 g/mol. The maximum absolute atomic E-state index is 12.0. The van der Waals surface area contributed by atoms with Gasteiger partial charge in [0, 0.05) is 19.5 Å². The number of carbonyl (C=O) groups is 1. The molecule has 0 radical (unpaired) electrons. The molecule has 0 atom stereocenters. The van der Waals surface area contributed by atoms with Crippen molar-refractivity contribution in [1.29, 1.82) is 0 Å². The lowest BCUT2D eigenvalue weighted by atomic mass is 10.3. The maximum Gasteiger partial charge on any atom is 0.223 e. The van der Waals surface area contributed by atoms with Crippen LogP contribution < -0.4 is 0 Å². The van der Waals surface area contributed by atoms with E-state index in [0.29, 0.717) is 26.3 Å². The Labute approximate surface area is 108 Å². The van der Waals surface area contributed by atoms with Gasteiger partial charge in [0.05, 0.1) is 24.2 Å². The van der Waals surface area contributed by atoms with Crippen LogP contribution in [-0.2, 0) is 19.4 Å². The van der Waals surface area contributed by atoms with Crippen LogP contribution in [0.1, 0.15) is 32.1 Å². The minimum Gasteiger partial charge on any atom is -0.378 e. The van der Waals surface area contributed by atoms with E-state index in [9.17, 15) is 13.2 Å². The Bertz CT molecular complexity index is 381. The number of hydrogen-bond acceptors (Lipinski definition) is 4. The van der Waals surface area contributed by atoms with Gasteiger partial charge in [0.2, 0.25) is 5.91 Å². The Balaban J connectivity index is 1.81. The summed E-state index contributed by atoms with van der Waals surface area (Å²) in [6.45, 7) is 2.28. The highest BCUT2D eigenvalue weighted by Crippen LogP contribution is 2.25. The van der Waals surface area contributed by atoms with Crippen molar-refractivity contribution in [3.63, 3.8) is 0 Å². The first kappa shape index (κ1) is 13.8. The zero-order valence-corrected chi connectivity index (χ0v) is 11.5. The van der Waals surface area contributed by atoms with Gasteiger partial charge >= 0.3 is 0 Å². The Hall–Kier alpha value is -0.620. The average Bonchev–Trinajstić information content (AvgIpc) is 2.92. The second-order valence-corrected chi connectivity index (χ2v) is 7.42. The van der Waals surface area contributed by atoms with Crippen molar-refractivity contribution < 1.29 is 17.9 Å². The van der Waals surface area contributed by atoms with E-state index in [2.05, 4.69) is 0 Å². The third-order valence-electron chi connectivity index (χ3n) is 3.77. The molecule has 0 N–H and O–H groups in total. The van der Waals surface area contributed by atoms with Crippen LogP contribution in [0, 0.1) is 0 Å². The van der Waals surface area contributed by atoms with Gasteiger partial charge in [0.1, 0.15) is 0 Å². The summed E-state index contributed by atoms with van der Waals surface area (Å²) < 4.78 is 29.2. The topological polar surface area (TPSA) is 63.7 Å². The lowest BCUT2D eigenvalue weighted by Crippen LogP contribution is -2.41. The van der Waals surface area contributed by atoms with E-state index in [1.54, 1.807) is 4.90 Å². The van der Waals surface area contributed by atoms with Crippen molar-refractivity contribution >= 4 is 15.7 Å². The number of hydrogen-bond donors (Lipinski definition) is 0. The molecule has 1 aliphatic heterocycles. The minimum absolute atomic E-state index is 0.00779. The molecule has 1 heterocycles. The van der Waals surface area contributed by atoms with Gasteiger partial charge in [-0.2, -0.15) is 0 Å². The van der Waals surface area contributed by atoms with E-state index in [4.69, 9.17) is 4.74 Å². The number of rotatable bonds is 4. The van der Waals surface area contributed by atoms with Gasteiger partial charge < -0.3 is 9.64 Å². The summed E-state index contributed by atoms with van der Waals surface area (Å²) in [6.07, 6.45) is 3.67. The molecule has 1 saturated carbocycles. The molecule has 0 aromatic rings. The van der Waals surface area contributed by atoms with E-state index in [1.807, 2.05) is 0 Å². The van der Waals surface area contributed by atoms with E-state index in [-0.39, 0.29) is 23.3 Å². The van der Waals surface area contributed by atoms with Crippen molar-refractivity contribution in [1.82, 2.24) is 4.90 Å². The van der Waals surface area contributed by atoms with Crippen LogP contribution in [0.3, 0.4) is 0 Å². The van der Waals surface area contributed by atoms with E-state index < -0.39 is 9.84 Å². The zero-order valence-electron chi connectivity index (χ0n) is 10.6. The minimum atomic E-state index is -3.07. The average molecular weight is 275 g/mol. The molecule has 0 bridgehead atoms. The number of amides is 1. The molecule has 0 aromatic heterocycles. The van der Waals surface area contributed by atoms with Crippen molar-refractivity contribution in [2.45, 2.75) is 37.4 Å². The highest BCUT2D eigenvalue weighted by atomic mass is 32.2. The SMILES string of the molecule is O=C(CCS(=O)(=O)C1CCCC1)N1CCOCC1. The van der Waals surface area contributed by atoms with Crippen molar-refractivity contribution in [2.24, 2.45) is 0 Å². The standard InChI is InChI=1S/C12H21NO4S/c14-12(13-6-8-17-9-7-13)5-10-18(15,16)11-3-1-2-4-11/h11H,1-10H2. The molecule has 0 aromatic carbocycles. The van der Waals surface area contributed by atoms with Gasteiger partial charge in [-0.1, -0.05) is 12.8 Å². The molecule has 1 aliphatic carbocycles. The molecule has 2 aliphatic rings. The number of morpholine rings is 1.